The Morgan fingerprint density at radius 1 is 0.571 bits per heavy atom. The molecule has 0 aliphatic heterocycles. The van der Waals surface area contributed by atoms with E-state index in [2.05, 4.69) is 50.3 Å². The summed E-state index contributed by atoms with van der Waals surface area (Å²) >= 11 is 0. The molecular formula is C46H84NO8P. The van der Waals surface area contributed by atoms with E-state index in [1.165, 1.54) is 103 Å². The van der Waals surface area contributed by atoms with Gasteiger partial charge in [0, 0.05) is 12.8 Å². The van der Waals surface area contributed by atoms with Gasteiger partial charge in [0.15, 0.2) is 6.10 Å². The van der Waals surface area contributed by atoms with E-state index >= 15 is 0 Å². The molecule has 0 rings (SSSR count). The Morgan fingerprint density at radius 3 is 1.48 bits per heavy atom. The molecule has 2 unspecified atom stereocenters. The van der Waals surface area contributed by atoms with Gasteiger partial charge in [-0.1, -0.05) is 178 Å². The third-order valence-electron chi connectivity index (χ3n) is 9.38. The molecule has 0 saturated carbocycles. The van der Waals surface area contributed by atoms with Crippen LogP contribution in [0.4, 0.5) is 0 Å². The standard InChI is InChI=1S/C46H84NO8P/c1-6-8-10-12-14-16-18-20-21-22-23-24-25-27-28-30-32-34-36-38-45(48)52-42-44(43-54-56(50,51)53-41-40-47(3,4)5)55-46(49)39-37-35-33-31-29-26-19-17-15-13-11-9-7-2/h9,11,15,17,26,29,33,35,44H,6-8,10,12-14,16,18-25,27-28,30-32,34,36-43H2,1-5H3/b11-9-,17-15-,29-26-,35-33-. The van der Waals surface area contributed by atoms with Crippen molar-refractivity contribution >= 4 is 19.8 Å². The van der Waals surface area contributed by atoms with Crippen molar-refractivity contribution in [1.82, 2.24) is 0 Å². The van der Waals surface area contributed by atoms with Crippen LogP contribution in [0.25, 0.3) is 0 Å². The summed E-state index contributed by atoms with van der Waals surface area (Å²) in [5.41, 5.74) is 0. The zero-order valence-corrected chi connectivity index (χ0v) is 37.5. The Kier molecular flexibility index (Phi) is 37.1. The number of likely N-dealkylation sites (N-methyl/N-ethyl adjacent to an activating group) is 1. The van der Waals surface area contributed by atoms with Crippen molar-refractivity contribution in [3.05, 3.63) is 48.6 Å². The molecule has 10 heteroatoms. The van der Waals surface area contributed by atoms with Gasteiger partial charge in [0.2, 0.25) is 0 Å². The van der Waals surface area contributed by atoms with Gasteiger partial charge in [-0.05, 0) is 38.5 Å². The second-order valence-electron chi connectivity index (χ2n) is 16.0. The van der Waals surface area contributed by atoms with Gasteiger partial charge in [-0.25, -0.2) is 0 Å². The summed E-state index contributed by atoms with van der Waals surface area (Å²) in [4.78, 5) is 37.5. The molecule has 0 fully saturated rings. The molecule has 0 aliphatic carbocycles. The summed E-state index contributed by atoms with van der Waals surface area (Å²) in [7, 11) is 1.12. The Labute approximate surface area is 343 Å². The van der Waals surface area contributed by atoms with Crippen molar-refractivity contribution in [2.75, 3.05) is 47.5 Å². The van der Waals surface area contributed by atoms with Gasteiger partial charge in [0.1, 0.15) is 19.8 Å². The Bertz CT molecular complexity index is 1100. The molecule has 0 bridgehead atoms. The maximum atomic E-state index is 12.6. The number of phosphoric acid groups is 1. The summed E-state index contributed by atoms with van der Waals surface area (Å²) in [6.45, 7) is 4.03. The van der Waals surface area contributed by atoms with E-state index in [0.717, 1.165) is 44.9 Å². The third-order valence-corrected chi connectivity index (χ3v) is 10.3. The monoisotopic (exact) mass is 810 g/mol. The lowest BCUT2D eigenvalue weighted by molar-refractivity contribution is -0.870. The lowest BCUT2D eigenvalue weighted by Gasteiger charge is -2.28. The summed E-state index contributed by atoms with van der Waals surface area (Å²) in [6, 6.07) is 0. The smallest absolute Gasteiger partial charge is 0.306 e. The number of esters is 2. The topological polar surface area (TPSA) is 111 Å². The molecule has 0 aromatic carbocycles. The first-order chi connectivity index (χ1) is 27.0. The van der Waals surface area contributed by atoms with E-state index in [1.807, 2.05) is 33.3 Å². The van der Waals surface area contributed by atoms with E-state index in [0.29, 0.717) is 17.4 Å². The van der Waals surface area contributed by atoms with E-state index in [4.69, 9.17) is 18.5 Å². The van der Waals surface area contributed by atoms with Gasteiger partial charge in [-0.3, -0.25) is 14.2 Å². The van der Waals surface area contributed by atoms with Gasteiger partial charge in [-0.15, -0.1) is 0 Å². The first-order valence-corrected chi connectivity index (χ1v) is 23.8. The fourth-order valence-corrected chi connectivity index (χ4v) is 6.63. The summed E-state index contributed by atoms with van der Waals surface area (Å²) in [6.07, 6.45) is 44.5. The van der Waals surface area contributed by atoms with E-state index in [1.54, 1.807) is 0 Å². The fraction of sp³-hybridized carbons (Fsp3) is 0.783. The van der Waals surface area contributed by atoms with Crippen LogP contribution in [0, 0.1) is 0 Å². The van der Waals surface area contributed by atoms with E-state index in [9.17, 15) is 19.0 Å². The number of rotatable bonds is 40. The van der Waals surface area contributed by atoms with Crippen molar-refractivity contribution in [2.45, 2.75) is 187 Å². The number of hydrogen-bond donors (Lipinski definition) is 0. The number of hydrogen-bond acceptors (Lipinski definition) is 8. The highest BCUT2D eigenvalue weighted by atomic mass is 31.2. The molecule has 9 nitrogen and oxygen atoms in total. The van der Waals surface area contributed by atoms with Crippen LogP contribution in [-0.4, -0.2) is 70.0 Å². The van der Waals surface area contributed by atoms with Gasteiger partial charge in [0.25, 0.3) is 7.82 Å². The first kappa shape index (κ1) is 54.0. The molecule has 2 atom stereocenters. The highest BCUT2D eigenvalue weighted by Gasteiger charge is 2.21. The normalized spacial score (nSPS) is 14.0. The first-order valence-electron chi connectivity index (χ1n) is 22.3. The number of carbonyl (C=O) groups is 2. The quantitative estimate of drug-likeness (QED) is 0.0198. The zero-order chi connectivity index (χ0) is 41.4. The molecule has 0 N–H and O–H groups in total. The predicted octanol–water partition coefficient (Wildman–Crippen LogP) is 12.1. The van der Waals surface area contributed by atoms with Crippen LogP contribution >= 0.6 is 7.82 Å². The molecule has 0 aliphatic rings. The third kappa shape index (κ3) is 41.6. The number of ether oxygens (including phenoxy) is 2. The van der Waals surface area contributed by atoms with Crippen LogP contribution in [0.1, 0.15) is 181 Å². The van der Waals surface area contributed by atoms with Crippen molar-refractivity contribution in [2.24, 2.45) is 0 Å². The summed E-state index contributed by atoms with van der Waals surface area (Å²) < 4.78 is 33.8. The average molecular weight is 810 g/mol. The molecule has 0 heterocycles. The minimum absolute atomic E-state index is 0.0436. The zero-order valence-electron chi connectivity index (χ0n) is 36.6. The van der Waals surface area contributed by atoms with E-state index in [-0.39, 0.29) is 26.1 Å². The van der Waals surface area contributed by atoms with E-state index < -0.39 is 32.5 Å². The van der Waals surface area contributed by atoms with Crippen LogP contribution in [0.2, 0.25) is 0 Å². The molecule has 0 saturated heterocycles. The number of nitrogens with zero attached hydrogens (tertiary/aromatic N) is 1. The number of carbonyl (C=O) groups excluding carboxylic acids is 2. The molecule has 326 valence electrons. The van der Waals surface area contributed by atoms with Crippen molar-refractivity contribution in [3.8, 4) is 0 Å². The summed E-state index contributed by atoms with van der Waals surface area (Å²) in [5.74, 6) is -0.926. The minimum Gasteiger partial charge on any atom is -0.756 e. The van der Waals surface area contributed by atoms with Crippen LogP contribution in [0.5, 0.6) is 0 Å². The number of allylic oxidation sites excluding steroid dienone is 8. The molecule has 0 spiro atoms. The minimum atomic E-state index is -4.64. The lowest BCUT2D eigenvalue weighted by atomic mass is 10.0. The maximum Gasteiger partial charge on any atom is 0.306 e. The molecular weight excluding hydrogens is 725 g/mol. The largest absolute Gasteiger partial charge is 0.756 e. The number of unbranched alkanes of at least 4 members (excludes halogenated alkanes) is 18. The highest BCUT2D eigenvalue weighted by molar-refractivity contribution is 7.45. The van der Waals surface area contributed by atoms with Gasteiger partial charge < -0.3 is 27.9 Å². The van der Waals surface area contributed by atoms with Gasteiger partial charge >= 0.3 is 11.9 Å². The van der Waals surface area contributed by atoms with Gasteiger partial charge in [-0.2, -0.15) is 0 Å². The van der Waals surface area contributed by atoms with Crippen molar-refractivity contribution < 1.29 is 42.1 Å². The Morgan fingerprint density at radius 2 is 1.02 bits per heavy atom. The molecule has 56 heavy (non-hydrogen) atoms. The fourth-order valence-electron chi connectivity index (χ4n) is 5.90. The second kappa shape index (κ2) is 38.5. The second-order valence-corrected chi connectivity index (χ2v) is 17.4. The van der Waals surface area contributed by atoms with Crippen LogP contribution in [0.15, 0.2) is 48.6 Å². The number of phosphoric ester groups is 1. The summed E-state index contributed by atoms with van der Waals surface area (Å²) in [5, 5.41) is 0. The molecule has 0 aromatic heterocycles. The highest BCUT2D eigenvalue weighted by Crippen LogP contribution is 2.38. The molecule has 0 amide bonds. The lowest BCUT2D eigenvalue weighted by Crippen LogP contribution is -2.37. The molecule has 0 radical (unpaired) electrons. The predicted molar refractivity (Wildman–Crippen MR) is 231 cm³/mol. The van der Waals surface area contributed by atoms with Gasteiger partial charge in [0.05, 0.1) is 27.7 Å². The molecule has 0 aromatic rings. The Balaban J connectivity index is 4.35. The van der Waals surface area contributed by atoms with Crippen LogP contribution < -0.4 is 4.89 Å². The van der Waals surface area contributed by atoms with Crippen molar-refractivity contribution in [3.63, 3.8) is 0 Å². The number of quaternary nitrogens is 1. The Hall–Kier alpha value is -2.03. The van der Waals surface area contributed by atoms with Crippen LogP contribution in [0.3, 0.4) is 0 Å². The maximum absolute atomic E-state index is 12.6. The van der Waals surface area contributed by atoms with Crippen LogP contribution in [-0.2, 0) is 32.7 Å². The SMILES string of the molecule is CC/C=C\C/C=C\C/C=C\C/C=C\CCC(=O)OC(COC(=O)CCCCCCCCCCCCCCCCCCCCC)COP(=O)([O-])OCC[N+](C)(C)C. The average Bonchev–Trinajstić information content (AvgIpc) is 3.15. The van der Waals surface area contributed by atoms with Crippen molar-refractivity contribution in [1.29, 1.82) is 0 Å².